The first-order chi connectivity index (χ1) is 8.97. The number of aliphatic carboxylic acids is 1. The van der Waals surface area contributed by atoms with Crippen LogP contribution in [-0.2, 0) is 11.3 Å². The summed E-state index contributed by atoms with van der Waals surface area (Å²) in [7, 11) is 1.72. The van der Waals surface area contributed by atoms with Crippen molar-refractivity contribution in [3.8, 4) is 0 Å². The van der Waals surface area contributed by atoms with Crippen molar-refractivity contribution in [1.82, 2.24) is 9.80 Å². The second-order valence-electron chi connectivity index (χ2n) is 4.71. The summed E-state index contributed by atoms with van der Waals surface area (Å²) in [5, 5.41) is 8.78. The molecule has 0 atom stereocenters. The van der Waals surface area contributed by atoms with Gasteiger partial charge in [-0.25, -0.2) is 4.79 Å². The SMILES string of the molecule is CN(Cc1ccc(Br)cc1)C(=O)N1CC(C(=O)O)C1. The van der Waals surface area contributed by atoms with Gasteiger partial charge in [0.2, 0.25) is 0 Å². The zero-order valence-corrected chi connectivity index (χ0v) is 12.1. The van der Waals surface area contributed by atoms with Crippen LogP contribution >= 0.6 is 15.9 Å². The number of carboxylic acids is 1. The first kappa shape index (κ1) is 13.9. The van der Waals surface area contributed by atoms with E-state index in [1.165, 1.54) is 0 Å². The van der Waals surface area contributed by atoms with Gasteiger partial charge in [-0.2, -0.15) is 0 Å². The topological polar surface area (TPSA) is 60.9 Å². The van der Waals surface area contributed by atoms with Gasteiger partial charge < -0.3 is 14.9 Å². The van der Waals surface area contributed by atoms with E-state index in [0.717, 1.165) is 10.0 Å². The number of rotatable bonds is 3. The summed E-state index contributed by atoms with van der Waals surface area (Å²) in [6, 6.07) is 7.63. The van der Waals surface area contributed by atoms with Crippen LogP contribution < -0.4 is 0 Å². The van der Waals surface area contributed by atoms with Gasteiger partial charge in [-0.15, -0.1) is 0 Å². The van der Waals surface area contributed by atoms with E-state index in [-0.39, 0.29) is 6.03 Å². The lowest BCUT2D eigenvalue weighted by Crippen LogP contribution is -2.56. The predicted molar refractivity (Wildman–Crippen MR) is 73.7 cm³/mol. The predicted octanol–water partition coefficient (Wildman–Crippen LogP) is 2.02. The summed E-state index contributed by atoms with van der Waals surface area (Å²) in [5.41, 5.74) is 1.04. The van der Waals surface area contributed by atoms with Gasteiger partial charge >= 0.3 is 12.0 Å². The smallest absolute Gasteiger partial charge is 0.320 e. The summed E-state index contributed by atoms with van der Waals surface area (Å²) in [6.07, 6.45) is 0. The first-order valence-corrected chi connectivity index (χ1v) is 6.74. The van der Waals surface area contributed by atoms with Gasteiger partial charge in [-0.05, 0) is 17.7 Å². The average Bonchev–Trinajstić information content (AvgIpc) is 2.29. The Hall–Kier alpha value is -1.56. The molecule has 19 heavy (non-hydrogen) atoms. The second-order valence-corrected chi connectivity index (χ2v) is 5.62. The molecule has 0 bridgehead atoms. The maximum atomic E-state index is 12.0. The molecule has 1 heterocycles. The lowest BCUT2D eigenvalue weighted by Gasteiger charge is -2.39. The van der Waals surface area contributed by atoms with Gasteiger partial charge in [-0.3, -0.25) is 4.79 Å². The molecule has 0 aliphatic carbocycles. The fourth-order valence-corrected chi connectivity index (χ4v) is 2.23. The highest BCUT2D eigenvalue weighted by Gasteiger charge is 2.36. The van der Waals surface area contributed by atoms with E-state index < -0.39 is 11.9 Å². The Balaban J connectivity index is 1.87. The standard InChI is InChI=1S/C13H15BrN2O3/c1-15(6-9-2-4-11(14)5-3-9)13(19)16-7-10(8-16)12(17)18/h2-5,10H,6-8H2,1H3,(H,17,18). The van der Waals surface area contributed by atoms with Crippen molar-refractivity contribution < 1.29 is 14.7 Å². The third-order valence-electron chi connectivity index (χ3n) is 3.16. The zero-order chi connectivity index (χ0) is 14.0. The molecule has 0 radical (unpaired) electrons. The molecule has 0 spiro atoms. The largest absolute Gasteiger partial charge is 0.481 e. The minimum atomic E-state index is -0.834. The van der Waals surface area contributed by atoms with Crippen LogP contribution in [0.1, 0.15) is 5.56 Å². The zero-order valence-electron chi connectivity index (χ0n) is 10.5. The molecule has 0 aromatic heterocycles. The van der Waals surface area contributed by atoms with Crippen molar-refractivity contribution >= 4 is 27.9 Å². The van der Waals surface area contributed by atoms with Gasteiger partial charge in [0.05, 0.1) is 5.92 Å². The molecule has 1 saturated heterocycles. The highest BCUT2D eigenvalue weighted by Crippen LogP contribution is 2.18. The molecule has 2 rings (SSSR count). The molecular formula is C13H15BrN2O3. The van der Waals surface area contributed by atoms with Crippen molar-refractivity contribution in [3.05, 3.63) is 34.3 Å². The number of hydrogen-bond acceptors (Lipinski definition) is 2. The van der Waals surface area contributed by atoms with Gasteiger partial charge in [-0.1, -0.05) is 28.1 Å². The van der Waals surface area contributed by atoms with Crippen LogP contribution in [0.4, 0.5) is 4.79 Å². The fraction of sp³-hybridized carbons (Fsp3) is 0.385. The van der Waals surface area contributed by atoms with Crippen molar-refractivity contribution in [2.24, 2.45) is 5.92 Å². The minimum Gasteiger partial charge on any atom is -0.481 e. The molecule has 1 aromatic rings. The van der Waals surface area contributed by atoms with Gasteiger partial charge in [0.25, 0.3) is 0 Å². The number of benzene rings is 1. The highest BCUT2D eigenvalue weighted by atomic mass is 79.9. The number of hydrogen-bond donors (Lipinski definition) is 1. The Morgan fingerprint density at radius 2 is 1.95 bits per heavy atom. The molecule has 6 heteroatoms. The third kappa shape index (κ3) is 3.26. The molecule has 0 unspecified atom stereocenters. The Labute approximate surface area is 119 Å². The number of amides is 2. The molecule has 0 saturated carbocycles. The number of halogens is 1. The van der Waals surface area contributed by atoms with Crippen LogP contribution in [0, 0.1) is 5.92 Å². The Morgan fingerprint density at radius 1 is 1.37 bits per heavy atom. The highest BCUT2D eigenvalue weighted by molar-refractivity contribution is 9.10. The van der Waals surface area contributed by atoms with Crippen LogP contribution in [0.2, 0.25) is 0 Å². The molecule has 1 aromatic carbocycles. The summed E-state index contributed by atoms with van der Waals surface area (Å²) in [5.74, 6) is -1.25. The van der Waals surface area contributed by atoms with Crippen molar-refractivity contribution in [2.45, 2.75) is 6.54 Å². The monoisotopic (exact) mass is 326 g/mol. The summed E-state index contributed by atoms with van der Waals surface area (Å²) < 4.78 is 0.997. The van der Waals surface area contributed by atoms with Crippen LogP contribution in [0.15, 0.2) is 28.7 Å². The van der Waals surface area contributed by atoms with E-state index in [2.05, 4.69) is 15.9 Å². The number of nitrogens with zero attached hydrogens (tertiary/aromatic N) is 2. The lowest BCUT2D eigenvalue weighted by molar-refractivity contribution is -0.146. The summed E-state index contributed by atoms with van der Waals surface area (Å²) in [4.78, 5) is 25.9. The van der Waals surface area contributed by atoms with E-state index in [0.29, 0.717) is 19.6 Å². The number of carbonyl (C=O) groups is 2. The molecule has 102 valence electrons. The van der Waals surface area contributed by atoms with Crippen LogP contribution in [-0.4, -0.2) is 47.0 Å². The first-order valence-electron chi connectivity index (χ1n) is 5.94. The fourth-order valence-electron chi connectivity index (χ4n) is 1.96. The van der Waals surface area contributed by atoms with Crippen LogP contribution in [0.25, 0.3) is 0 Å². The van der Waals surface area contributed by atoms with Crippen molar-refractivity contribution in [1.29, 1.82) is 0 Å². The number of likely N-dealkylation sites (tertiary alicyclic amines) is 1. The Morgan fingerprint density at radius 3 is 2.47 bits per heavy atom. The van der Waals surface area contributed by atoms with E-state index in [1.54, 1.807) is 16.8 Å². The maximum absolute atomic E-state index is 12.0. The summed E-state index contributed by atoms with van der Waals surface area (Å²) >= 11 is 3.36. The molecule has 5 nitrogen and oxygen atoms in total. The van der Waals surface area contributed by atoms with Crippen LogP contribution in [0.3, 0.4) is 0 Å². The molecule has 2 amide bonds. The maximum Gasteiger partial charge on any atom is 0.320 e. The Kier molecular flexibility index (Phi) is 4.09. The number of urea groups is 1. The lowest BCUT2D eigenvalue weighted by atomic mass is 10.0. The van der Waals surface area contributed by atoms with Crippen LogP contribution in [0.5, 0.6) is 0 Å². The van der Waals surface area contributed by atoms with Crippen molar-refractivity contribution in [2.75, 3.05) is 20.1 Å². The quantitative estimate of drug-likeness (QED) is 0.924. The third-order valence-corrected chi connectivity index (χ3v) is 3.69. The minimum absolute atomic E-state index is 0.125. The van der Waals surface area contributed by atoms with Crippen molar-refractivity contribution in [3.63, 3.8) is 0 Å². The van der Waals surface area contributed by atoms with E-state index in [1.807, 2.05) is 24.3 Å². The Bertz CT molecular complexity index is 483. The average molecular weight is 327 g/mol. The van der Waals surface area contributed by atoms with Gasteiger partial charge in [0, 0.05) is 31.2 Å². The normalized spacial score (nSPS) is 14.9. The molecule has 1 fully saturated rings. The van der Waals surface area contributed by atoms with Gasteiger partial charge in [0.1, 0.15) is 0 Å². The molecule has 1 N–H and O–H groups in total. The molecule has 1 aliphatic heterocycles. The van der Waals surface area contributed by atoms with Gasteiger partial charge in [0.15, 0.2) is 0 Å². The molecular weight excluding hydrogens is 312 g/mol. The number of carboxylic acid groups (broad SMARTS) is 1. The summed E-state index contributed by atoms with van der Waals surface area (Å²) in [6.45, 7) is 1.12. The number of carbonyl (C=O) groups excluding carboxylic acids is 1. The van der Waals surface area contributed by atoms with E-state index in [9.17, 15) is 9.59 Å². The molecule has 1 aliphatic rings. The second kappa shape index (κ2) is 5.61. The van der Waals surface area contributed by atoms with E-state index in [4.69, 9.17) is 5.11 Å². The van der Waals surface area contributed by atoms with E-state index >= 15 is 0 Å².